The molecule has 12 rings (SSSR count). The second-order valence-electron chi connectivity index (χ2n) is 15.1. The van der Waals surface area contributed by atoms with E-state index in [2.05, 4.69) is 184 Å². The number of fused-ring (bicyclic) bond motifs is 12. The summed E-state index contributed by atoms with van der Waals surface area (Å²) in [5, 5.41) is 31.2. The fourth-order valence-corrected chi connectivity index (χ4v) is 10.6. The van der Waals surface area contributed by atoms with Crippen molar-refractivity contribution in [2.45, 2.75) is 0 Å². The Balaban J connectivity index is 1.15. The fraction of sp³-hybridized carbons (Fsp3) is 0. The molecule has 0 bridgehead atoms. The predicted octanol–water partition coefficient (Wildman–Crippen LogP) is 14.6. The third-order valence-corrected chi connectivity index (χ3v) is 13.1. The molecule has 0 unspecified atom stereocenters. The van der Waals surface area contributed by atoms with Crippen molar-refractivity contribution < 1.29 is 0 Å². The summed E-state index contributed by atoms with van der Waals surface area (Å²) in [6, 6.07) is 70.5. The molecule has 0 aliphatic carbocycles. The SMILES string of the molecule is N#Cc1cc(-n2c3ccccc3c3ccc4c5ccccc5sc4c32)c(C#N)cc1-n1c2ccc(N(c3ccccc3)c3ccccc3)cc2c2c3ccccc3ccc21. The van der Waals surface area contributed by atoms with E-state index in [4.69, 9.17) is 0 Å². The zero-order valence-electron chi connectivity index (χ0n) is 32.0. The van der Waals surface area contributed by atoms with Crippen LogP contribution in [0.2, 0.25) is 0 Å². The molecule has 3 heterocycles. The van der Waals surface area contributed by atoms with Gasteiger partial charge in [-0.2, -0.15) is 10.5 Å². The van der Waals surface area contributed by atoms with Crippen LogP contribution in [-0.4, -0.2) is 9.13 Å². The number of thiophene rings is 1. The largest absolute Gasteiger partial charge is 0.310 e. The number of hydrogen-bond donors (Lipinski definition) is 0. The molecule has 0 fully saturated rings. The quantitative estimate of drug-likeness (QED) is 0.175. The molecule has 0 spiro atoms. The smallest absolute Gasteiger partial charge is 0.101 e. The van der Waals surface area contributed by atoms with Gasteiger partial charge >= 0.3 is 0 Å². The molecule has 0 N–H and O–H groups in total. The van der Waals surface area contributed by atoms with Crippen LogP contribution in [0.15, 0.2) is 188 Å². The van der Waals surface area contributed by atoms with Gasteiger partial charge in [-0.1, -0.05) is 115 Å². The van der Waals surface area contributed by atoms with Gasteiger partial charge in [-0.05, 0) is 83.6 Å². The maximum Gasteiger partial charge on any atom is 0.101 e. The van der Waals surface area contributed by atoms with Gasteiger partial charge in [0, 0.05) is 54.1 Å². The normalized spacial score (nSPS) is 11.6. The molecule has 0 radical (unpaired) electrons. The average Bonchev–Trinajstić information content (AvgIpc) is 3.97. The molecule has 3 aromatic heterocycles. The van der Waals surface area contributed by atoms with Crippen molar-refractivity contribution in [3.8, 4) is 23.5 Å². The zero-order chi connectivity index (χ0) is 39.9. The molecule has 0 amide bonds. The first-order valence-electron chi connectivity index (χ1n) is 19.9. The molecule has 0 saturated heterocycles. The monoisotopic (exact) mass is 781 g/mol. The molecule has 12 aromatic rings. The van der Waals surface area contributed by atoms with Crippen LogP contribution in [0.3, 0.4) is 0 Å². The number of anilines is 3. The number of hydrogen-bond acceptors (Lipinski definition) is 4. The number of nitrogens with zero attached hydrogens (tertiary/aromatic N) is 5. The molecule has 0 aliphatic rings. The molecule has 6 heteroatoms. The fourth-order valence-electron chi connectivity index (χ4n) is 9.39. The van der Waals surface area contributed by atoms with Gasteiger partial charge in [0.15, 0.2) is 0 Å². The third kappa shape index (κ3) is 4.90. The summed E-state index contributed by atoms with van der Waals surface area (Å²) in [5.74, 6) is 0. The van der Waals surface area contributed by atoms with E-state index >= 15 is 0 Å². The summed E-state index contributed by atoms with van der Waals surface area (Å²) in [6.45, 7) is 0. The van der Waals surface area contributed by atoms with Crippen LogP contribution >= 0.6 is 11.3 Å². The molecule has 0 aliphatic heterocycles. The second-order valence-corrected chi connectivity index (χ2v) is 16.2. The number of para-hydroxylation sites is 3. The number of rotatable bonds is 5. The molecule has 0 saturated carbocycles. The van der Waals surface area contributed by atoms with Gasteiger partial charge in [-0.15, -0.1) is 11.3 Å². The van der Waals surface area contributed by atoms with Gasteiger partial charge in [-0.3, -0.25) is 0 Å². The molecular formula is C54H31N5S. The van der Waals surface area contributed by atoms with E-state index in [-0.39, 0.29) is 0 Å². The molecule has 278 valence electrons. The van der Waals surface area contributed by atoms with Crippen LogP contribution in [0.5, 0.6) is 0 Å². The van der Waals surface area contributed by atoms with Crippen molar-refractivity contribution in [3.63, 3.8) is 0 Å². The second kappa shape index (κ2) is 13.2. The van der Waals surface area contributed by atoms with Crippen molar-refractivity contribution in [2.75, 3.05) is 4.90 Å². The van der Waals surface area contributed by atoms with Crippen molar-refractivity contribution in [1.29, 1.82) is 10.5 Å². The van der Waals surface area contributed by atoms with Crippen LogP contribution in [0.1, 0.15) is 11.1 Å². The zero-order valence-corrected chi connectivity index (χ0v) is 32.9. The lowest BCUT2D eigenvalue weighted by Crippen LogP contribution is -2.09. The minimum Gasteiger partial charge on any atom is -0.310 e. The highest BCUT2D eigenvalue weighted by molar-refractivity contribution is 7.26. The lowest BCUT2D eigenvalue weighted by Gasteiger charge is -2.25. The van der Waals surface area contributed by atoms with E-state index in [0.29, 0.717) is 22.5 Å². The lowest BCUT2D eigenvalue weighted by atomic mass is 10.0. The molecule has 60 heavy (non-hydrogen) atoms. The minimum atomic E-state index is 0.477. The maximum absolute atomic E-state index is 11.1. The van der Waals surface area contributed by atoms with Crippen LogP contribution in [0.4, 0.5) is 17.1 Å². The molecular weight excluding hydrogens is 751 g/mol. The van der Waals surface area contributed by atoms with Gasteiger partial charge in [-0.25, -0.2) is 0 Å². The van der Waals surface area contributed by atoms with Crippen LogP contribution < -0.4 is 4.90 Å². The highest BCUT2D eigenvalue weighted by Gasteiger charge is 2.24. The number of aromatic nitrogens is 2. The maximum atomic E-state index is 11.1. The van der Waals surface area contributed by atoms with E-state index in [1.165, 1.54) is 15.5 Å². The first-order valence-corrected chi connectivity index (χ1v) is 20.7. The standard InChI is InChI=1S/C54H31N5S/c55-32-35-30-50(59-46-21-11-9-19-41(46)43-25-26-44-42-20-10-12-22-51(42)60-54(44)53(43)59)36(33-56)29-49(35)58-47-28-24-39(57(37-14-3-1-4-15-37)38-16-5-2-6-17-38)31-45(47)52-40-18-8-7-13-34(40)23-27-48(52)58/h1-31H. The summed E-state index contributed by atoms with van der Waals surface area (Å²) in [7, 11) is 0. The van der Waals surface area contributed by atoms with Crippen LogP contribution in [-0.2, 0) is 0 Å². The summed E-state index contributed by atoms with van der Waals surface area (Å²) < 4.78 is 6.75. The topological polar surface area (TPSA) is 60.7 Å². The molecule has 5 nitrogen and oxygen atoms in total. The van der Waals surface area contributed by atoms with Crippen LogP contribution in [0, 0.1) is 22.7 Å². The Morgan fingerprint density at radius 2 is 1.00 bits per heavy atom. The highest BCUT2D eigenvalue weighted by Crippen LogP contribution is 2.45. The summed E-state index contributed by atoms with van der Waals surface area (Å²) in [5.41, 5.74) is 9.36. The highest BCUT2D eigenvalue weighted by atomic mass is 32.1. The summed E-state index contributed by atoms with van der Waals surface area (Å²) in [4.78, 5) is 2.27. The molecule has 9 aromatic carbocycles. The van der Waals surface area contributed by atoms with Crippen molar-refractivity contribution in [2.24, 2.45) is 0 Å². The van der Waals surface area contributed by atoms with Gasteiger partial charge in [0.05, 0.1) is 49.3 Å². The average molecular weight is 782 g/mol. The van der Waals surface area contributed by atoms with Crippen molar-refractivity contribution in [3.05, 3.63) is 199 Å². The van der Waals surface area contributed by atoms with Gasteiger partial charge < -0.3 is 14.0 Å². The Kier molecular flexibility index (Phi) is 7.46. The summed E-state index contributed by atoms with van der Waals surface area (Å²) >= 11 is 1.77. The lowest BCUT2D eigenvalue weighted by molar-refractivity contribution is 1.13. The Hall–Kier alpha value is -8.16. The van der Waals surface area contributed by atoms with Crippen molar-refractivity contribution >= 4 is 103 Å². The first-order chi connectivity index (χ1) is 29.7. The van der Waals surface area contributed by atoms with E-state index in [1.54, 1.807) is 11.3 Å². The minimum absolute atomic E-state index is 0.477. The van der Waals surface area contributed by atoms with Crippen LogP contribution in [0.25, 0.3) is 85.9 Å². The Bertz CT molecular complexity index is 3760. The van der Waals surface area contributed by atoms with Gasteiger partial charge in [0.1, 0.15) is 12.1 Å². The summed E-state index contributed by atoms with van der Waals surface area (Å²) in [6.07, 6.45) is 0. The first kappa shape index (κ1) is 33.9. The third-order valence-electron chi connectivity index (χ3n) is 11.9. The Morgan fingerprint density at radius 1 is 0.417 bits per heavy atom. The number of nitriles is 2. The predicted molar refractivity (Wildman–Crippen MR) is 250 cm³/mol. The van der Waals surface area contributed by atoms with E-state index < -0.39 is 0 Å². The Morgan fingerprint density at radius 3 is 1.73 bits per heavy atom. The van der Waals surface area contributed by atoms with E-state index in [0.717, 1.165) is 76.1 Å². The van der Waals surface area contributed by atoms with Crippen molar-refractivity contribution in [1.82, 2.24) is 9.13 Å². The number of benzene rings is 9. The van der Waals surface area contributed by atoms with Gasteiger partial charge in [0.2, 0.25) is 0 Å². The van der Waals surface area contributed by atoms with Gasteiger partial charge in [0.25, 0.3) is 0 Å². The Labute approximate surface area is 348 Å². The van der Waals surface area contributed by atoms with E-state index in [9.17, 15) is 10.5 Å². The van der Waals surface area contributed by atoms with E-state index in [1.807, 2.05) is 30.3 Å². The molecule has 0 atom stereocenters.